The van der Waals surface area contributed by atoms with Crippen LogP contribution in [0.25, 0.3) is 0 Å². The maximum absolute atomic E-state index is 13.4. The molecule has 0 aliphatic rings. The first kappa shape index (κ1) is 21.5. The molecule has 9 heteroatoms. The minimum Gasteiger partial charge on any atom is -0.507 e. The molecule has 3 rings (SSSR count). The predicted octanol–water partition coefficient (Wildman–Crippen LogP) is 3.41. The molecule has 0 bridgehead atoms. The number of benzene rings is 3. The minimum absolute atomic E-state index is 0.232. The van der Waals surface area contributed by atoms with Crippen molar-refractivity contribution < 1.29 is 26.7 Å². The Morgan fingerprint density at radius 1 is 0.733 bits per heavy atom. The van der Waals surface area contributed by atoms with Crippen molar-refractivity contribution in [3.8, 4) is 5.75 Å². The second kappa shape index (κ2) is 7.92. The fourth-order valence-electron chi connectivity index (χ4n) is 2.77. The molecule has 0 aliphatic heterocycles. The van der Waals surface area contributed by atoms with Crippen molar-refractivity contribution in [2.75, 3.05) is 3.71 Å². The summed E-state index contributed by atoms with van der Waals surface area (Å²) in [5.41, 5.74) is 1.07. The number of nitrogens with zero attached hydrogens (tertiary/aromatic N) is 1. The molecule has 0 spiro atoms. The van der Waals surface area contributed by atoms with Crippen molar-refractivity contribution in [1.29, 1.82) is 0 Å². The van der Waals surface area contributed by atoms with Crippen molar-refractivity contribution in [3.05, 3.63) is 83.4 Å². The number of rotatable bonds is 6. The van der Waals surface area contributed by atoms with Crippen LogP contribution in [-0.4, -0.2) is 28.2 Å². The number of sulfonamides is 2. The fourth-order valence-corrected chi connectivity index (χ4v) is 6.44. The van der Waals surface area contributed by atoms with Gasteiger partial charge in [0.05, 0.1) is 21.0 Å². The predicted molar refractivity (Wildman–Crippen MR) is 113 cm³/mol. The molecule has 3 aromatic rings. The standard InChI is InChI=1S/C21H19NO6S2/c1-15-3-8-19(9-4-15)29(25,26)22(18-7-12-21(24)17(13-18)14-23)30(27,28)20-10-5-16(2)6-11-20/h3-14,24H,1-2H3. The van der Waals surface area contributed by atoms with Gasteiger partial charge in [-0.1, -0.05) is 35.4 Å². The molecule has 0 atom stereocenters. The summed E-state index contributed by atoms with van der Waals surface area (Å²) in [5.74, 6) is -0.394. The van der Waals surface area contributed by atoms with Crippen molar-refractivity contribution in [2.24, 2.45) is 0 Å². The second-order valence-electron chi connectivity index (χ2n) is 6.69. The summed E-state index contributed by atoms with van der Waals surface area (Å²) in [6.45, 7) is 3.54. The van der Waals surface area contributed by atoms with Crippen LogP contribution in [0.2, 0.25) is 0 Å². The number of anilines is 1. The van der Waals surface area contributed by atoms with Gasteiger partial charge in [-0.2, -0.15) is 3.71 Å². The monoisotopic (exact) mass is 445 g/mol. The molecule has 3 aromatic carbocycles. The van der Waals surface area contributed by atoms with E-state index in [9.17, 15) is 26.7 Å². The number of aromatic hydroxyl groups is 1. The Morgan fingerprint density at radius 2 is 1.17 bits per heavy atom. The zero-order chi connectivity index (χ0) is 22.1. The van der Waals surface area contributed by atoms with Crippen LogP contribution in [0.5, 0.6) is 5.75 Å². The summed E-state index contributed by atoms with van der Waals surface area (Å²) < 4.78 is 53.9. The Kier molecular flexibility index (Phi) is 5.69. The Balaban J connectivity index is 2.30. The summed E-state index contributed by atoms with van der Waals surface area (Å²) in [6, 6.07) is 14.7. The number of carbonyl (C=O) groups excluding carboxylic acids is 1. The fraction of sp³-hybridized carbons (Fsp3) is 0.0952. The van der Waals surface area contributed by atoms with Gasteiger partial charge in [0, 0.05) is 0 Å². The van der Waals surface area contributed by atoms with Crippen LogP contribution in [0.1, 0.15) is 21.5 Å². The van der Waals surface area contributed by atoms with E-state index in [1.54, 1.807) is 38.1 Å². The van der Waals surface area contributed by atoms with Crippen molar-refractivity contribution in [2.45, 2.75) is 23.6 Å². The number of aryl methyl sites for hydroxylation is 2. The van der Waals surface area contributed by atoms with Gasteiger partial charge < -0.3 is 5.11 Å². The van der Waals surface area contributed by atoms with Gasteiger partial charge in [0.15, 0.2) is 6.29 Å². The van der Waals surface area contributed by atoms with Crippen LogP contribution in [0, 0.1) is 13.8 Å². The third-order valence-electron chi connectivity index (χ3n) is 4.42. The van der Waals surface area contributed by atoms with Gasteiger partial charge >= 0.3 is 0 Å². The average Bonchev–Trinajstić information content (AvgIpc) is 2.69. The van der Waals surface area contributed by atoms with Crippen LogP contribution in [0.4, 0.5) is 5.69 Å². The van der Waals surface area contributed by atoms with Crippen LogP contribution in [0.3, 0.4) is 0 Å². The Bertz CT molecular complexity index is 1220. The van der Waals surface area contributed by atoms with Gasteiger partial charge in [-0.25, -0.2) is 16.8 Å². The molecule has 0 aliphatic carbocycles. The Hall–Kier alpha value is -3.17. The molecule has 0 unspecified atom stereocenters. The van der Waals surface area contributed by atoms with Crippen molar-refractivity contribution in [3.63, 3.8) is 0 Å². The molecule has 0 aromatic heterocycles. The van der Waals surface area contributed by atoms with Crippen LogP contribution < -0.4 is 3.71 Å². The lowest BCUT2D eigenvalue weighted by molar-refractivity contribution is 0.112. The average molecular weight is 446 g/mol. The van der Waals surface area contributed by atoms with Gasteiger partial charge in [0.25, 0.3) is 20.0 Å². The lowest BCUT2D eigenvalue weighted by Crippen LogP contribution is -2.37. The highest BCUT2D eigenvalue weighted by atomic mass is 32.3. The lowest BCUT2D eigenvalue weighted by atomic mass is 10.2. The number of phenolic OH excluding ortho intramolecular Hbond substituents is 1. The summed E-state index contributed by atoms with van der Waals surface area (Å²) in [5, 5.41) is 9.77. The number of carbonyl (C=O) groups is 1. The van der Waals surface area contributed by atoms with E-state index < -0.39 is 25.8 Å². The van der Waals surface area contributed by atoms with Crippen molar-refractivity contribution >= 4 is 32.0 Å². The molecule has 0 radical (unpaired) electrons. The minimum atomic E-state index is -4.58. The SMILES string of the molecule is Cc1ccc(S(=O)(=O)N(c2ccc(O)c(C=O)c2)S(=O)(=O)c2ccc(C)cc2)cc1. The maximum atomic E-state index is 13.4. The highest BCUT2D eigenvalue weighted by Crippen LogP contribution is 2.33. The van der Waals surface area contributed by atoms with E-state index in [0.717, 1.165) is 29.3 Å². The van der Waals surface area contributed by atoms with Gasteiger partial charge in [-0.15, -0.1) is 0 Å². The van der Waals surface area contributed by atoms with E-state index in [2.05, 4.69) is 0 Å². The van der Waals surface area contributed by atoms with Crippen LogP contribution in [-0.2, 0) is 20.0 Å². The molecule has 0 fully saturated rings. The number of hydrogen-bond donors (Lipinski definition) is 1. The molecular formula is C21H19NO6S2. The van der Waals surface area contributed by atoms with E-state index in [1.165, 1.54) is 24.3 Å². The quantitative estimate of drug-likeness (QED) is 0.583. The molecule has 1 N–H and O–H groups in total. The van der Waals surface area contributed by atoms with E-state index >= 15 is 0 Å². The molecule has 0 saturated carbocycles. The van der Waals surface area contributed by atoms with Gasteiger partial charge in [-0.3, -0.25) is 4.79 Å². The van der Waals surface area contributed by atoms with E-state index in [0.29, 0.717) is 6.29 Å². The first-order chi connectivity index (χ1) is 14.1. The highest BCUT2D eigenvalue weighted by molar-refractivity contribution is 8.10. The maximum Gasteiger partial charge on any atom is 0.277 e. The van der Waals surface area contributed by atoms with E-state index in [4.69, 9.17) is 0 Å². The summed E-state index contributed by atoms with van der Waals surface area (Å²) in [4.78, 5) is 10.8. The van der Waals surface area contributed by atoms with Crippen molar-refractivity contribution in [1.82, 2.24) is 0 Å². The normalized spacial score (nSPS) is 11.8. The Morgan fingerprint density at radius 3 is 1.57 bits per heavy atom. The molecule has 7 nitrogen and oxygen atoms in total. The molecular weight excluding hydrogens is 426 g/mol. The molecule has 30 heavy (non-hydrogen) atoms. The summed E-state index contributed by atoms with van der Waals surface area (Å²) in [7, 11) is -9.15. The van der Waals surface area contributed by atoms with Crippen LogP contribution in [0.15, 0.2) is 76.5 Å². The van der Waals surface area contributed by atoms with E-state index in [1.807, 2.05) is 0 Å². The van der Waals surface area contributed by atoms with Gasteiger partial charge in [0.1, 0.15) is 5.75 Å². The largest absolute Gasteiger partial charge is 0.507 e. The topological polar surface area (TPSA) is 109 Å². The third kappa shape index (κ3) is 3.94. The van der Waals surface area contributed by atoms with Crippen LogP contribution >= 0.6 is 0 Å². The van der Waals surface area contributed by atoms with E-state index in [-0.39, 0.29) is 24.8 Å². The summed E-state index contributed by atoms with van der Waals surface area (Å²) in [6.07, 6.45) is 0.313. The lowest BCUT2D eigenvalue weighted by Gasteiger charge is -2.24. The first-order valence-corrected chi connectivity index (χ1v) is 11.7. The van der Waals surface area contributed by atoms with Gasteiger partial charge in [0.2, 0.25) is 0 Å². The molecule has 156 valence electrons. The third-order valence-corrected chi connectivity index (χ3v) is 8.63. The zero-order valence-electron chi connectivity index (χ0n) is 16.2. The zero-order valence-corrected chi connectivity index (χ0v) is 17.8. The highest BCUT2D eigenvalue weighted by Gasteiger charge is 2.37. The Labute approximate surface area is 175 Å². The number of phenols is 1. The van der Waals surface area contributed by atoms with Gasteiger partial charge in [-0.05, 0) is 56.3 Å². The summed E-state index contributed by atoms with van der Waals surface area (Å²) >= 11 is 0. The number of hydrogen-bond acceptors (Lipinski definition) is 6. The molecule has 0 amide bonds. The first-order valence-electron chi connectivity index (χ1n) is 8.79. The number of aldehydes is 1. The second-order valence-corrected chi connectivity index (χ2v) is 10.5. The molecule has 0 heterocycles. The smallest absolute Gasteiger partial charge is 0.277 e. The molecule has 0 saturated heterocycles.